The molecule has 1 aromatic heterocycles. The third-order valence-corrected chi connectivity index (χ3v) is 6.83. The lowest BCUT2D eigenvalue weighted by atomic mass is 9.95. The summed E-state index contributed by atoms with van der Waals surface area (Å²) in [6.07, 6.45) is 5.35. The summed E-state index contributed by atoms with van der Waals surface area (Å²) in [6.45, 7) is 9.89. The van der Waals surface area contributed by atoms with Crippen LogP contribution in [0.1, 0.15) is 77.2 Å². The first kappa shape index (κ1) is 26.4. The number of hydrogen-bond donors (Lipinski definition) is 1. The minimum atomic E-state index is -0.631. The molecule has 0 bridgehead atoms. The number of amides is 2. The number of aryl methyl sites for hydroxylation is 1. The number of thioether (sulfide) groups is 1. The zero-order valence-electron chi connectivity index (χ0n) is 20.8. The van der Waals surface area contributed by atoms with Crippen LogP contribution in [0, 0.1) is 5.92 Å². The summed E-state index contributed by atoms with van der Waals surface area (Å²) >= 11 is 1.46. The highest BCUT2D eigenvalue weighted by molar-refractivity contribution is 7.99. The third-order valence-electron chi connectivity index (χ3n) is 6.00. The number of nitrogens with one attached hydrogen (secondary N) is 1. The summed E-state index contributed by atoms with van der Waals surface area (Å²) in [4.78, 5) is 28.6. The van der Waals surface area contributed by atoms with E-state index in [9.17, 15) is 9.59 Å². The molecule has 3 rings (SSSR count). The number of benzene rings is 1. The molecular formula is C26H38N4O3S. The van der Waals surface area contributed by atoms with Crippen LogP contribution in [0.15, 0.2) is 40.0 Å². The number of carbonyl (C=O) groups is 2. The largest absolute Gasteiger partial charge is 0.415 e. The Bertz CT molecular complexity index is 916. The van der Waals surface area contributed by atoms with E-state index in [1.807, 2.05) is 33.8 Å². The molecule has 0 saturated carbocycles. The lowest BCUT2D eigenvalue weighted by Gasteiger charge is -2.34. The SMILES string of the molecule is CC(C)C[C@H](C(=O)NC(=O)[C@@H]1CCCCN1CCCc1ccccc1)c1nnc(SC(C)C)o1. The molecule has 0 radical (unpaired) electrons. The van der Waals surface area contributed by atoms with Crippen molar-refractivity contribution in [1.82, 2.24) is 20.4 Å². The molecule has 1 saturated heterocycles. The molecule has 0 unspecified atom stereocenters. The van der Waals surface area contributed by atoms with Crippen molar-refractivity contribution in [3.63, 3.8) is 0 Å². The Morgan fingerprint density at radius 3 is 2.62 bits per heavy atom. The van der Waals surface area contributed by atoms with E-state index < -0.39 is 5.92 Å². The van der Waals surface area contributed by atoms with Crippen LogP contribution in [0.5, 0.6) is 0 Å². The summed E-state index contributed by atoms with van der Waals surface area (Å²) in [5, 5.41) is 11.6. The van der Waals surface area contributed by atoms with Gasteiger partial charge in [-0.2, -0.15) is 0 Å². The van der Waals surface area contributed by atoms with E-state index in [4.69, 9.17) is 4.42 Å². The van der Waals surface area contributed by atoms with Crippen LogP contribution in [-0.2, 0) is 16.0 Å². The van der Waals surface area contributed by atoms with E-state index >= 15 is 0 Å². The summed E-state index contributed by atoms with van der Waals surface area (Å²) in [7, 11) is 0. The molecule has 0 aliphatic carbocycles. The van der Waals surface area contributed by atoms with Crippen LogP contribution in [0.4, 0.5) is 0 Å². The lowest BCUT2D eigenvalue weighted by molar-refractivity contribution is -0.135. The molecule has 1 aliphatic rings. The van der Waals surface area contributed by atoms with Gasteiger partial charge in [0.2, 0.25) is 17.7 Å². The first-order valence-corrected chi connectivity index (χ1v) is 13.3. The van der Waals surface area contributed by atoms with Crippen LogP contribution in [0.2, 0.25) is 0 Å². The zero-order chi connectivity index (χ0) is 24.5. The number of aromatic nitrogens is 2. The van der Waals surface area contributed by atoms with Gasteiger partial charge in [0.15, 0.2) is 0 Å². The minimum absolute atomic E-state index is 0.213. The summed E-state index contributed by atoms with van der Waals surface area (Å²) in [5.41, 5.74) is 1.31. The van der Waals surface area contributed by atoms with Gasteiger partial charge in [-0.3, -0.25) is 19.8 Å². The van der Waals surface area contributed by atoms with Crippen LogP contribution >= 0.6 is 11.8 Å². The first-order chi connectivity index (χ1) is 16.3. The van der Waals surface area contributed by atoms with Crippen molar-refractivity contribution in [2.75, 3.05) is 13.1 Å². The second-order valence-electron chi connectivity index (χ2n) is 9.75. The molecule has 1 N–H and O–H groups in total. The average Bonchev–Trinajstić information content (AvgIpc) is 3.25. The lowest BCUT2D eigenvalue weighted by Crippen LogP contribution is -2.51. The van der Waals surface area contributed by atoms with Crippen molar-refractivity contribution in [1.29, 1.82) is 0 Å². The fraction of sp³-hybridized carbons (Fsp3) is 0.615. The van der Waals surface area contributed by atoms with Gasteiger partial charge in [0, 0.05) is 5.25 Å². The van der Waals surface area contributed by atoms with Gasteiger partial charge >= 0.3 is 0 Å². The maximum atomic E-state index is 13.2. The molecule has 2 heterocycles. The molecular weight excluding hydrogens is 448 g/mol. The van der Waals surface area contributed by atoms with Gasteiger partial charge in [-0.15, -0.1) is 10.2 Å². The van der Waals surface area contributed by atoms with Crippen LogP contribution in [-0.4, -0.2) is 51.3 Å². The molecule has 1 aliphatic heterocycles. The van der Waals surface area contributed by atoms with E-state index in [0.717, 1.165) is 45.2 Å². The molecule has 8 heteroatoms. The van der Waals surface area contributed by atoms with Crippen molar-refractivity contribution < 1.29 is 14.0 Å². The van der Waals surface area contributed by atoms with E-state index in [1.165, 1.54) is 17.3 Å². The summed E-state index contributed by atoms with van der Waals surface area (Å²) in [6, 6.07) is 10.1. The van der Waals surface area contributed by atoms with Crippen LogP contribution in [0.25, 0.3) is 0 Å². The van der Waals surface area contributed by atoms with Crippen LogP contribution in [0.3, 0.4) is 0 Å². The van der Waals surface area contributed by atoms with Gasteiger partial charge in [-0.05, 0) is 56.7 Å². The Morgan fingerprint density at radius 2 is 1.91 bits per heavy atom. The van der Waals surface area contributed by atoms with Gasteiger partial charge in [0.05, 0.1) is 6.04 Å². The number of hydrogen-bond acceptors (Lipinski definition) is 7. The molecule has 1 aromatic carbocycles. The Hall–Kier alpha value is -2.19. The van der Waals surface area contributed by atoms with E-state index in [1.54, 1.807) is 0 Å². The van der Waals surface area contributed by atoms with Gasteiger partial charge in [0.1, 0.15) is 5.92 Å². The highest BCUT2D eigenvalue weighted by Gasteiger charge is 2.33. The number of nitrogens with zero attached hydrogens (tertiary/aromatic N) is 3. The Balaban J connectivity index is 1.61. The number of piperidine rings is 1. The van der Waals surface area contributed by atoms with Crippen molar-refractivity contribution >= 4 is 23.6 Å². The number of rotatable bonds is 11. The van der Waals surface area contributed by atoms with Crippen molar-refractivity contribution in [3.8, 4) is 0 Å². The molecule has 34 heavy (non-hydrogen) atoms. The summed E-state index contributed by atoms with van der Waals surface area (Å²) in [5.74, 6) is -0.672. The molecule has 1 fully saturated rings. The van der Waals surface area contributed by atoms with Gasteiger partial charge in [0.25, 0.3) is 5.22 Å². The van der Waals surface area contributed by atoms with E-state index in [0.29, 0.717) is 16.9 Å². The second kappa shape index (κ2) is 13.0. The van der Waals surface area contributed by atoms with Gasteiger partial charge in [-0.1, -0.05) is 76.2 Å². The average molecular weight is 487 g/mol. The van der Waals surface area contributed by atoms with Crippen molar-refractivity contribution in [2.24, 2.45) is 5.92 Å². The maximum absolute atomic E-state index is 13.2. The smallest absolute Gasteiger partial charge is 0.276 e. The topological polar surface area (TPSA) is 88.3 Å². The quantitative estimate of drug-likeness (QED) is 0.455. The molecule has 0 spiro atoms. The Morgan fingerprint density at radius 1 is 1.15 bits per heavy atom. The third kappa shape index (κ3) is 7.94. The Kier molecular flexibility index (Phi) is 10.1. The molecule has 2 amide bonds. The standard InChI is InChI=1S/C26H38N4O3S/c1-18(2)17-21(25-28-29-26(33-25)34-19(3)4)23(31)27-24(32)22-14-8-9-15-30(22)16-10-13-20-11-6-5-7-12-20/h5-7,11-12,18-19,21-22H,8-10,13-17H2,1-4H3,(H,27,31,32)/t21-,22+/m1/s1. The highest BCUT2D eigenvalue weighted by Crippen LogP contribution is 2.28. The normalized spacial score (nSPS) is 17.8. The summed E-state index contributed by atoms with van der Waals surface area (Å²) < 4.78 is 5.78. The first-order valence-electron chi connectivity index (χ1n) is 12.5. The minimum Gasteiger partial charge on any atom is -0.415 e. The van der Waals surface area contributed by atoms with E-state index in [-0.39, 0.29) is 29.7 Å². The van der Waals surface area contributed by atoms with Crippen molar-refractivity contribution in [3.05, 3.63) is 41.8 Å². The number of carbonyl (C=O) groups excluding carboxylic acids is 2. The fourth-order valence-corrected chi connectivity index (χ4v) is 5.00. The van der Waals surface area contributed by atoms with Crippen molar-refractivity contribution in [2.45, 2.75) is 88.7 Å². The second-order valence-corrected chi connectivity index (χ2v) is 11.3. The van der Waals surface area contributed by atoms with E-state index in [2.05, 4.69) is 44.7 Å². The predicted octanol–water partition coefficient (Wildman–Crippen LogP) is 4.83. The number of likely N-dealkylation sites (tertiary alicyclic amines) is 1. The molecule has 7 nitrogen and oxygen atoms in total. The van der Waals surface area contributed by atoms with Gasteiger partial charge in [-0.25, -0.2) is 0 Å². The Labute approximate surface area is 207 Å². The maximum Gasteiger partial charge on any atom is 0.276 e. The predicted molar refractivity (Wildman–Crippen MR) is 135 cm³/mol. The molecule has 2 atom stereocenters. The highest BCUT2D eigenvalue weighted by atomic mass is 32.2. The zero-order valence-corrected chi connectivity index (χ0v) is 21.6. The molecule has 2 aromatic rings. The molecule has 186 valence electrons. The fourth-order valence-electron chi connectivity index (χ4n) is 4.38. The van der Waals surface area contributed by atoms with Crippen LogP contribution < -0.4 is 5.32 Å². The number of imide groups is 1. The monoisotopic (exact) mass is 486 g/mol. The van der Waals surface area contributed by atoms with Gasteiger partial charge < -0.3 is 4.42 Å².